The summed E-state index contributed by atoms with van der Waals surface area (Å²) in [4.78, 5) is 48.1. The highest BCUT2D eigenvalue weighted by Gasteiger charge is 2.20. The Morgan fingerprint density at radius 1 is 0.911 bits per heavy atom. The second-order valence-electron chi connectivity index (χ2n) is 9.97. The summed E-state index contributed by atoms with van der Waals surface area (Å²) in [5.41, 5.74) is 3.71. The molecular formula is C33H28Cl2N6O4. The van der Waals surface area contributed by atoms with Crippen molar-refractivity contribution < 1.29 is 19.1 Å². The molecule has 0 aliphatic carbocycles. The van der Waals surface area contributed by atoms with E-state index in [1.807, 2.05) is 37.3 Å². The molecule has 0 atom stereocenters. The number of halogens is 2. The maximum atomic E-state index is 13.0. The summed E-state index contributed by atoms with van der Waals surface area (Å²) in [7, 11) is 1.55. The third-order valence-corrected chi connectivity index (χ3v) is 7.57. The van der Waals surface area contributed by atoms with E-state index in [1.54, 1.807) is 55.7 Å². The van der Waals surface area contributed by atoms with E-state index in [0.717, 1.165) is 16.6 Å². The van der Waals surface area contributed by atoms with Gasteiger partial charge in [0.25, 0.3) is 5.91 Å². The normalized spacial score (nSPS) is 10.7. The molecule has 12 heteroatoms. The van der Waals surface area contributed by atoms with E-state index in [-0.39, 0.29) is 24.1 Å². The molecule has 45 heavy (non-hydrogen) atoms. The first-order valence-electron chi connectivity index (χ1n) is 13.8. The van der Waals surface area contributed by atoms with Crippen LogP contribution in [0, 0.1) is 6.92 Å². The van der Waals surface area contributed by atoms with E-state index in [1.165, 1.54) is 17.2 Å². The third-order valence-electron chi connectivity index (χ3n) is 6.80. The molecular weight excluding hydrogens is 615 g/mol. The van der Waals surface area contributed by atoms with Crippen LogP contribution < -0.4 is 25.6 Å². The van der Waals surface area contributed by atoms with E-state index in [9.17, 15) is 14.4 Å². The first-order chi connectivity index (χ1) is 21.7. The minimum Gasteiger partial charge on any atom is -0.487 e. The van der Waals surface area contributed by atoms with Gasteiger partial charge in [0.15, 0.2) is 0 Å². The van der Waals surface area contributed by atoms with Crippen LogP contribution in [0.15, 0.2) is 91.3 Å². The van der Waals surface area contributed by atoms with Crippen LogP contribution in [0.1, 0.15) is 21.6 Å². The van der Waals surface area contributed by atoms with Crippen LogP contribution in [-0.4, -0.2) is 41.4 Å². The van der Waals surface area contributed by atoms with Crippen LogP contribution in [-0.2, 0) is 11.4 Å². The Kier molecular flexibility index (Phi) is 9.76. The number of nitrogens with one attached hydrogen (secondary N) is 3. The Balaban J connectivity index is 1.19. The number of rotatable bonds is 9. The average molecular weight is 644 g/mol. The van der Waals surface area contributed by atoms with Crippen LogP contribution >= 0.6 is 23.2 Å². The number of nitrogens with zero attached hydrogens (tertiary/aromatic N) is 3. The predicted octanol–water partition coefficient (Wildman–Crippen LogP) is 6.86. The average Bonchev–Trinajstić information content (AvgIpc) is 3.04. The number of benzene rings is 3. The maximum absolute atomic E-state index is 13.0. The molecule has 2 heterocycles. The van der Waals surface area contributed by atoms with E-state index in [0.29, 0.717) is 39.0 Å². The monoisotopic (exact) mass is 642 g/mol. The Bertz CT molecular complexity index is 1890. The Morgan fingerprint density at radius 2 is 1.71 bits per heavy atom. The van der Waals surface area contributed by atoms with Crippen molar-refractivity contribution in [1.29, 1.82) is 0 Å². The van der Waals surface area contributed by atoms with Crippen LogP contribution in [0.5, 0.6) is 5.75 Å². The molecule has 228 valence electrons. The number of carbonyl (C=O) groups excluding carboxylic acids is 3. The van der Waals surface area contributed by atoms with E-state index >= 15 is 0 Å². The smallest absolute Gasteiger partial charge is 0.319 e. The molecule has 2 aromatic heterocycles. The number of amides is 4. The quantitative estimate of drug-likeness (QED) is 0.161. The fourth-order valence-corrected chi connectivity index (χ4v) is 5.03. The molecule has 0 saturated carbocycles. The zero-order valence-electron chi connectivity index (χ0n) is 24.3. The number of likely N-dealkylation sites (N-methyl/N-ethyl adjacent to an activating group) is 1. The number of hydrogen-bond donors (Lipinski definition) is 3. The van der Waals surface area contributed by atoms with Gasteiger partial charge in [-0.2, -0.15) is 0 Å². The fourth-order valence-electron chi connectivity index (χ4n) is 4.42. The van der Waals surface area contributed by atoms with Crippen molar-refractivity contribution in [2.75, 3.05) is 29.1 Å². The van der Waals surface area contributed by atoms with Crippen LogP contribution in [0.4, 0.5) is 21.9 Å². The summed E-state index contributed by atoms with van der Waals surface area (Å²) < 4.78 is 6.08. The van der Waals surface area contributed by atoms with Crippen molar-refractivity contribution in [3.63, 3.8) is 0 Å². The van der Waals surface area contributed by atoms with Crippen molar-refractivity contribution >= 4 is 69.0 Å². The zero-order valence-corrected chi connectivity index (χ0v) is 25.8. The van der Waals surface area contributed by atoms with E-state index < -0.39 is 11.9 Å². The highest BCUT2D eigenvalue weighted by atomic mass is 35.5. The van der Waals surface area contributed by atoms with Crippen molar-refractivity contribution in [2.24, 2.45) is 0 Å². The molecule has 0 saturated heterocycles. The predicted molar refractivity (Wildman–Crippen MR) is 176 cm³/mol. The van der Waals surface area contributed by atoms with Gasteiger partial charge < -0.3 is 25.6 Å². The van der Waals surface area contributed by atoms with Gasteiger partial charge in [-0.25, -0.2) is 9.78 Å². The summed E-state index contributed by atoms with van der Waals surface area (Å²) in [5.74, 6) is -0.218. The second kappa shape index (κ2) is 14.1. The van der Waals surface area contributed by atoms with Crippen molar-refractivity contribution in [3.8, 4) is 5.75 Å². The minimum absolute atomic E-state index is 0.0439. The second-order valence-corrected chi connectivity index (χ2v) is 10.8. The molecule has 0 radical (unpaired) electrons. The Hall–Kier alpha value is -5.19. The van der Waals surface area contributed by atoms with Crippen molar-refractivity contribution in [3.05, 3.63) is 118 Å². The molecule has 0 spiro atoms. The number of aromatic nitrogens is 2. The fraction of sp³-hybridized carbons (Fsp3) is 0.121. The lowest BCUT2D eigenvalue weighted by Gasteiger charge is -2.21. The lowest BCUT2D eigenvalue weighted by molar-refractivity contribution is -0.117. The highest BCUT2D eigenvalue weighted by molar-refractivity contribution is 6.38. The third kappa shape index (κ3) is 7.67. The molecule has 10 nitrogen and oxygen atoms in total. The number of fused-ring (bicyclic) bond motifs is 1. The van der Waals surface area contributed by atoms with Gasteiger partial charge in [0.1, 0.15) is 17.9 Å². The van der Waals surface area contributed by atoms with Crippen LogP contribution in [0.2, 0.25) is 10.0 Å². The number of aryl methyl sites for hydroxylation is 1. The summed E-state index contributed by atoms with van der Waals surface area (Å²) >= 11 is 13.2. The number of anilines is 3. The zero-order chi connectivity index (χ0) is 31.9. The first kappa shape index (κ1) is 31.2. The van der Waals surface area contributed by atoms with Crippen molar-refractivity contribution in [1.82, 2.24) is 15.3 Å². The molecule has 4 amide bonds. The minimum atomic E-state index is -0.628. The van der Waals surface area contributed by atoms with Gasteiger partial charge in [0.2, 0.25) is 5.91 Å². The molecule has 0 fully saturated rings. The highest BCUT2D eigenvalue weighted by Crippen LogP contribution is 2.35. The molecule has 0 aliphatic rings. The Labute approximate surface area is 269 Å². The molecule has 3 aromatic carbocycles. The molecule has 5 aromatic rings. The van der Waals surface area contributed by atoms with Gasteiger partial charge in [0.05, 0.1) is 29.1 Å². The summed E-state index contributed by atoms with van der Waals surface area (Å²) in [5, 5.41) is 9.46. The largest absolute Gasteiger partial charge is 0.487 e. The van der Waals surface area contributed by atoms with Gasteiger partial charge in [-0.1, -0.05) is 47.5 Å². The van der Waals surface area contributed by atoms with Gasteiger partial charge in [-0.3, -0.25) is 14.6 Å². The number of carbonyl (C=O) groups is 3. The van der Waals surface area contributed by atoms with Gasteiger partial charge in [0, 0.05) is 46.2 Å². The van der Waals surface area contributed by atoms with Crippen molar-refractivity contribution in [2.45, 2.75) is 13.5 Å². The number of urea groups is 1. The summed E-state index contributed by atoms with van der Waals surface area (Å²) in [6, 6.07) is 22.0. The van der Waals surface area contributed by atoms with Gasteiger partial charge in [-0.15, -0.1) is 0 Å². The lowest BCUT2D eigenvalue weighted by atomic mass is 10.1. The molecule has 0 bridgehead atoms. The SMILES string of the molecule is Cc1ccc2cccc(OCc3c(Cl)ccc(N(C)C(=O)CNC(=O)Nc4cccc(C(=O)Nc5cccnc5)c4)c3Cl)c2n1. The number of pyridine rings is 2. The van der Waals surface area contributed by atoms with Crippen LogP contribution in [0.3, 0.4) is 0 Å². The molecule has 5 rings (SSSR count). The topological polar surface area (TPSA) is 126 Å². The van der Waals surface area contributed by atoms with E-state index in [4.69, 9.17) is 27.9 Å². The Morgan fingerprint density at radius 3 is 2.51 bits per heavy atom. The first-order valence-corrected chi connectivity index (χ1v) is 14.5. The number of ether oxygens (including phenoxy) is 1. The molecule has 0 aliphatic heterocycles. The standard InChI is InChI=1S/C33H28Cl2N6O4/c1-20-11-12-21-6-4-10-28(31(21)38-20)45-19-25-26(34)13-14-27(30(25)35)41(2)29(42)18-37-33(44)40-23-8-3-7-22(16-23)32(43)39-24-9-5-15-36-17-24/h3-17H,18-19H2,1-2H3,(H,39,43)(H2,37,40,44). The van der Waals surface area contributed by atoms with Gasteiger partial charge >= 0.3 is 6.03 Å². The number of hydrogen-bond acceptors (Lipinski definition) is 6. The molecule has 3 N–H and O–H groups in total. The van der Waals surface area contributed by atoms with E-state index in [2.05, 4.69) is 25.9 Å². The number of para-hydroxylation sites is 1. The summed E-state index contributed by atoms with van der Waals surface area (Å²) in [6.07, 6.45) is 3.13. The van der Waals surface area contributed by atoms with Gasteiger partial charge in [-0.05, 0) is 61.5 Å². The molecule has 0 unspecified atom stereocenters. The summed E-state index contributed by atoms with van der Waals surface area (Å²) in [6.45, 7) is 1.63. The van der Waals surface area contributed by atoms with Crippen LogP contribution in [0.25, 0.3) is 10.9 Å². The lowest BCUT2D eigenvalue weighted by Crippen LogP contribution is -2.40. The maximum Gasteiger partial charge on any atom is 0.319 e.